The highest BCUT2D eigenvalue weighted by Crippen LogP contribution is 2.17. The first-order valence-corrected chi connectivity index (χ1v) is 7.29. The Hall–Kier alpha value is -0.0500. The van der Waals surface area contributed by atoms with Gasteiger partial charge in [-0.3, -0.25) is 4.90 Å². The largest absolute Gasteiger partial charge is 0.298 e. The molecule has 0 aromatic heterocycles. The van der Waals surface area contributed by atoms with Gasteiger partial charge in [0.05, 0.1) is 0 Å². The molecule has 0 N–H and O–H groups in total. The van der Waals surface area contributed by atoms with Crippen LogP contribution in [-0.2, 0) is 6.54 Å². The van der Waals surface area contributed by atoms with Crippen molar-refractivity contribution in [2.45, 2.75) is 26.3 Å². The molecule has 0 saturated carbocycles. The van der Waals surface area contributed by atoms with Gasteiger partial charge in [-0.15, -0.1) is 0 Å². The molecule has 0 saturated heterocycles. The average molecular weight is 305 g/mol. The van der Waals surface area contributed by atoms with Crippen molar-refractivity contribution in [3.8, 4) is 0 Å². The summed E-state index contributed by atoms with van der Waals surface area (Å²) < 4.78 is 0. The smallest absolute Gasteiger partial charge is 0.0451 e. The number of halogens is 2. The quantitative estimate of drug-likeness (QED) is 0.677. The molecule has 1 aromatic rings. The molecule has 0 bridgehead atoms. The van der Waals surface area contributed by atoms with Crippen LogP contribution in [0.2, 0.25) is 5.02 Å². The molecule has 90 valence electrons. The number of hydrogen-bond acceptors (Lipinski definition) is 1. The molecular weight excluding hydrogens is 286 g/mol. The molecule has 0 aliphatic heterocycles. The maximum Gasteiger partial charge on any atom is 0.0451 e. The Morgan fingerprint density at radius 3 is 2.62 bits per heavy atom. The second-order valence-electron chi connectivity index (χ2n) is 3.91. The summed E-state index contributed by atoms with van der Waals surface area (Å²) in [6.45, 7) is 5.39. The zero-order valence-corrected chi connectivity index (χ0v) is 12.1. The Balaban J connectivity index is 2.56. The molecule has 0 radical (unpaired) electrons. The molecule has 0 aliphatic carbocycles. The molecule has 16 heavy (non-hydrogen) atoms. The first-order chi connectivity index (χ1) is 7.77. The molecule has 0 amide bonds. The van der Waals surface area contributed by atoms with Gasteiger partial charge in [-0.2, -0.15) is 0 Å². The first-order valence-electron chi connectivity index (χ1n) is 5.79. The van der Waals surface area contributed by atoms with E-state index in [9.17, 15) is 0 Å². The standard InChI is InChI=1S/C13H19BrClN/c1-2-3-9-16(10-8-14)11-12-6-4-5-7-13(12)15/h4-7H,2-3,8-11H2,1H3. The minimum absolute atomic E-state index is 0.874. The summed E-state index contributed by atoms with van der Waals surface area (Å²) >= 11 is 9.66. The molecule has 1 rings (SSSR count). The van der Waals surface area contributed by atoms with E-state index in [0.717, 1.165) is 30.0 Å². The molecule has 0 spiro atoms. The second-order valence-corrected chi connectivity index (χ2v) is 5.11. The van der Waals surface area contributed by atoms with Crippen molar-refractivity contribution in [1.29, 1.82) is 0 Å². The number of unbranched alkanes of at least 4 members (excludes halogenated alkanes) is 1. The Morgan fingerprint density at radius 2 is 2.00 bits per heavy atom. The molecule has 0 atom stereocenters. The third kappa shape index (κ3) is 4.86. The summed E-state index contributed by atoms with van der Waals surface area (Å²) in [7, 11) is 0. The fourth-order valence-electron chi connectivity index (χ4n) is 1.64. The van der Waals surface area contributed by atoms with Crippen molar-refractivity contribution in [2.75, 3.05) is 18.4 Å². The fraction of sp³-hybridized carbons (Fsp3) is 0.538. The van der Waals surface area contributed by atoms with E-state index in [-0.39, 0.29) is 0 Å². The number of hydrogen-bond donors (Lipinski definition) is 0. The van der Waals surface area contributed by atoms with Gasteiger partial charge >= 0.3 is 0 Å². The van der Waals surface area contributed by atoms with E-state index >= 15 is 0 Å². The van der Waals surface area contributed by atoms with Gasteiger partial charge in [0.25, 0.3) is 0 Å². The van der Waals surface area contributed by atoms with Crippen molar-refractivity contribution < 1.29 is 0 Å². The van der Waals surface area contributed by atoms with E-state index in [1.807, 2.05) is 18.2 Å². The monoisotopic (exact) mass is 303 g/mol. The normalized spacial score (nSPS) is 11.0. The minimum atomic E-state index is 0.874. The zero-order chi connectivity index (χ0) is 11.8. The summed E-state index contributed by atoms with van der Waals surface area (Å²) in [5, 5.41) is 1.89. The fourth-order valence-corrected chi connectivity index (χ4v) is 2.34. The minimum Gasteiger partial charge on any atom is -0.298 e. The van der Waals surface area contributed by atoms with Crippen LogP contribution in [0.25, 0.3) is 0 Å². The third-order valence-corrected chi connectivity index (χ3v) is 3.30. The lowest BCUT2D eigenvalue weighted by molar-refractivity contribution is 0.278. The predicted octanol–water partition coefficient (Wildman–Crippen LogP) is 4.34. The van der Waals surface area contributed by atoms with E-state index in [4.69, 9.17) is 11.6 Å². The molecule has 0 heterocycles. The van der Waals surface area contributed by atoms with E-state index in [1.165, 1.54) is 18.4 Å². The van der Waals surface area contributed by atoms with Gasteiger partial charge in [0.15, 0.2) is 0 Å². The number of nitrogens with zero attached hydrogens (tertiary/aromatic N) is 1. The predicted molar refractivity (Wildman–Crippen MR) is 75.4 cm³/mol. The van der Waals surface area contributed by atoms with Crippen LogP contribution in [0.4, 0.5) is 0 Å². The van der Waals surface area contributed by atoms with Crippen LogP contribution in [0.3, 0.4) is 0 Å². The van der Waals surface area contributed by atoms with E-state index in [0.29, 0.717) is 0 Å². The summed E-state index contributed by atoms with van der Waals surface area (Å²) in [6, 6.07) is 8.10. The Kier molecular flexibility index (Phi) is 7.10. The van der Waals surface area contributed by atoms with Crippen molar-refractivity contribution in [1.82, 2.24) is 4.90 Å². The Labute approximate surface area is 112 Å². The van der Waals surface area contributed by atoms with E-state index in [1.54, 1.807) is 0 Å². The van der Waals surface area contributed by atoms with Crippen molar-refractivity contribution in [2.24, 2.45) is 0 Å². The summed E-state index contributed by atoms with van der Waals surface area (Å²) in [6.07, 6.45) is 2.48. The van der Waals surface area contributed by atoms with Gasteiger partial charge in [-0.1, -0.05) is 59.1 Å². The summed E-state index contributed by atoms with van der Waals surface area (Å²) in [5.74, 6) is 0. The maximum absolute atomic E-state index is 6.16. The van der Waals surface area contributed by atoms with Crippen molar-refractivity contribution >= 4 is 27.5 Å². The van der Waals surface area contributed by atoms with Crippen LogP contribution in [0.5, 0.6) is 0 Å². The van der Waals surface area contributed by atoms with Crippen LogP contribution in [0.1, 0.15) is 25.3 Å². The molecule has 0 fully saturated rings. The third-order valence-electron chi connectivity index (χ3n) is 2.58. The highest BCUT2D eigenvalue weighted by molar-refractivity contribution is 9.09. The number of rotatable bonds is 7. The van der Waals surface area contributed by atoms with Crippen LogP contribution < -0.4 is 0 Å². The van der Waals surface area contributed by atoms with Gasteiger partial charge in [0, 0.05) is 23.4 Å². The van der Waals surface area contributed by atoms with Crippen LogP contribution in [-0.4, -0.2) is 23.3 Å². The summed E-state index contributed by atoms with van der Waals surface area (Å²) in [5.41, 5.74) is 1.22. The Morgan fingerprint density at radius 1 is 1.25 bits per heavy atom. The van der Waals surface area contributed by atoms with Crippen molar-refractivity contribution in [3.63, 3.8) is 0 Å². The van der Waals surface area contributed by atoms with Crippen LogP contribution in [0, 0.1) is 0 Å². The maximum atomic E-state index is 6.16. The van der Waals surface area contributed by atoms with E-state index < -0.39 is 0 Å². The number of alkyl halides is 1. The highest BCUT2D eigenvalue weighted by Gasteiger charge is 2.06. The lowest BCUT2D eigenvalue weighted by Gasteiger charge is -2.21. The van der Waals surface area contributed by atoms with Gasteiger partial charge in [-0.05, 0) is 24.6 Å². The van der Waals surface area contributed by atoms with Gasteiger partial charge < -0.3 is 0 Å². The Bertz CT molecular complexity index is 304. The molecule has 0 aliphatic rings. The average Bonchev–Trinajstić information content (AvgIpc) is 2.29. The zero-order valence-electron chi connectivity index (χ0n) is 9.76. The topological polar surface area (TPSA) is 3.24 Å². The lowest BCUT2D eigenvalue weighted by atomic mass is 10.2. The van der Waals surface area contributed by atoms with Crippen LogP contribution >= 0.6 is 27.5 Å². The van der Waals surface area contributed by atoms with Gasteiger partial charge in [-0.25, -0.2) is 0 Å². The number of benzene rings is 1. The van der Waals surface area contributed by atoms with Crippen LogP contribution in [0.15, 0.2) is 24.3 Å². The van der Waals surface area contributed by atoms with Gasteiger partial charge in [0.1, 0.15) is 0 Å². The molecular formula is C13H19BrClN. The first kappa shape index (κ1) is 14.0. The summed E-state index contributed by atoms with van der Waals surface area (Å²) in [4.78, 5) is 2.44. The molecule has 0 unspecified atom stereocenters. The van der Waals surface area contributed by atoms with Crippen molar-refractivity contribution in [3.05, 3.63) is 34.9 Å². The molecule has 1 nitrogen and oxygen atoms in total. The highest BCUT2D eigenvalue weighted by atomic mass is 79.9. The molecule has 3 heteroatoms. The van der Waals surface area contributed by atoms with E-state index in [2.05, 4.69) is 33.8 Å². The SMILES string of the molecule is CCCCN(CCBr)Cc1ccccc1Cl. The molecule has 1 aromatic carbocycles. The van der Waals surface area contributed by atoms with Gasteiger partial charge in [0.2, 0.25) is 0 Å². The lowest BCUT2D eigenvalue weighted by Crippen LogP contribution is -2.26. The second kappa shape index (κ2) is 8.10.